The monoisotopic (exact) mass is 573 g/mol. The van der Waals surface area contributed by atoms with Gasteiger partial charge in [-0.2, -0.15) is 0 Å². The molecular weight excluding hydrogens is 534 g/mol. The van der Waals surface area contributed by atoms with Crippen LogP contribution >= 0.6 is 0 Å². The molecule has 0 aromatic carbocycles. The molecule has 0 heterocycles. The lowest BCUT2D eigenvalue weighted by molar-refractivity contribution is -0.134. The molecule has 0 saturated heterocycles. The van der Waals surface area contributed by atoms with E-state index in [9.17, 15) is 44.1 Å². The van der Waals surface area contributed by atoms with Crippen LogP contribution in [0.3, 0.4) is 0 Å². The van der Waals surface area contributed by atoms with Crippen LogP contribution in [0.15, 0.2) is 58.5 Å². The summed E-state index contributed by atoms with van der Waals surface area (Å²) in [4.78, 5) is 72.9. The first kappa shape index (κ1) is 34.5. The predicted octanol–water partition coefficient (Wildman–Crippen LogP) is 2.51. The quantitative estimate of drug-likeness (QED) is 0.201. The van der Waals surface area contributed by atoms with Crippen molar-refractivity contribution in [1.82, 2.24) is 16.0 Å². The molecule has 224 valence electrons. The fraction of sp³-hybridized carbons (Fsp3) is 0.448. The van der Waals surface area contributed by atoms with Crippen molar-refractivity contribution in [3.8, 4) is 0 Å². The lowest BCUT2D eigenvalue weighted by Crippen LogP contribution is -2.44. The number of hydrogen-bond donors (Lipinski definition) is 6. The fourth-order valence-electron chi connectivity index (χ4n) is 3.80. The third-order valence-electron chi connectivity index (χ3n) is 6.17. The first-order chi connectivity index (χ1) is 18.7. The second kappa shape index (κ2) is 14.2. The number of aliphatic carboxylic acids is 3. The molecule has 0 bridgehead atoms. The van der Waals surface area contributed by atoms with Crippen LogP contribution in [0.5, 0.6) is 0 Å². The lowest BCUT2D eigenvalue weighted by atomic mass is 9.86. The minimum absolute atomic E-state index is 0.114. The second-order valence-electron chi connectivity index (χ2n) is 11.3. The summed E-state index contributed by atoms with van der Waals surface area (Å²) in [6.45, 7) is 13.0. The second-order valence-corrected chi connectivity index (χ2v) is 11.3. The summed E-state index contributed by atoms with van der Waals surface area (Å²) in [5.41, 5.74) is -0.925. The normalized spacial score (nSPS) is 18.3. The van der Waals surface area contributed by atoms with E-state index < -0.39 is 64.8 Å². The maximum atomic E-state index is 12.8. The number of rotatable bonds is 11. The van der Waals surface area contributed by atoms with Gasteiger partial charge in [0.2, 0.25) is 17.7 Å². The Morgan fingerprint density at radius 1 is 0.756 bits per heavy atom. The number of carboxylic acids is 3. The molecule has 0 aromatic rings. The Bertz CT molecular complexity index is 1260. The predicted molar refractivity (Wildman–Crippen MR) is 150 cm³/mol. The van der Waals surface area contributed by atoms with E-state index in [1.165, 1.54) is 12.2 Å². The van der Waals surface area contributed by atoms with Crippen LogP contribution in [0.4, 0.5) is 0 Å². The van der Waals surface area contributed by atoms with Crippen LogP contribution in [0, 0.1) is 23.2 Å². The molecule has 1 rings (SSSR count). The largest absolute Gasteiger partial charge is 0.478 e. The first-order valence-electron chi connectivity index (χ1n) is 13.0. The van der Waals surface area contributed by atoms with Gasteiger partial charge in [-0.1, -0.05) is 55.4 Å². The molecule has 0 saturated carbocycles. The number of amides is 3. The average molecular weight is 574 g/mol. The van der Waals surface area contributed by atoms with Gasteiger partial charge in [0.25, 0.3) is 0 Å². The third-order valence-corrected chi connectivity index (χ3v) is 6.17. The van der Waals surface area contributed by atoms with Crippen LogP contribution in [0.25, 0.3) is 0 Å². The highest BCUT2D eigenvalue weighted by Gasteiger charge is 2.29. The summed E-state index contributed by atoms with van der Waals surface area (Å²) in [5, 5.41) is 36.1. The molecule has 1 aliphatic rings. The highest BCUT2D eigenvalue weighted by molar-refractivity contribution is 6.00. The Morgan fingerprint density at radius 2 is 1.22 bits per heavy atom. The molecule has 0 spiro atoms. The number of carbonyl (C=O) groups excluding carboxylic acids is 3. The molecule has 12 nitrogen and oxygen atoms in total. The first-order valence-corrected chi connectivity index (χ1v) is 13.0. The van der Waals surface area contributed by atoms with Crippen molar-refractivity contribution in [1.29, 1.82) is 0 Å². The van der Waals surface area contributed by atoms with Gasteiger partial charge in [0, 0.05) is 52.3 Å². The van der Waals surface area contributed by atoms with Crippen LogP contribution in [0.2, 0.25) is 0 Å². The van der Waals surface area contributed by atoms with Gasteiger partial charge in [-0.3, -0.25) is 14.4 Å². The molecule has 0 aliphatic heterocycles. The maximum absolute atomic E-state index is 12.8. The minimum atomic E-state index is -1.27. The van der Waals surface area contributed by atoms with Crippen molar-refractivity contribution in [3.05, 3.63) is 58.5 Å². The van der Waals surface area contributed by atoms with Gasteiger partial charge in [0.1, 0.15) is 0 Å². The summed E-state index contributed by atoms with van der Waals surface area (Å²) < 4.78 is 0. The van der Waals surface area contributed by atoms with Crippen molar-refractivity contribution in [3.63, 3.8) is 0 Å². The Morgan fingerprint density at radius 3 is 1.63 bits per heavy atom. The van der Waals surface area contributed by atoms with Crippen LogP contribution < -0.4 is 16.0 Å². The molecule has 0 radical (unpaired) electrons. The van der Waals surface area contributed by atoms with E-state index in [1.807, 2.05) is 0 Å². The highest BCUT2D eigenvalue weighted by Crippen LogP contribution is 2.26. The number of allylic oxidation sites excluding steroid dienone is 1. The van der Waals surface area contributed by atoms with E-state index >= 15 is 0 Å². The Balaban J connectivity index is 3.48. The zero-order valence-corrected chi connectivity index (χ0v) is 24.5. The number of carboxylic acid groups (broad SMARTS) is 3. The van der Waals surface area contributed by atoms with Crippen LogP contribution in [-0.2, 0) is 28.8 Å². The van der Waals surface area contributed by atoms with Gasteiger partial charge in [-0.05, 0) is 29.4 Å². The van der Waals surface area contributed by atoms with E-state index in [-0.39, 0.29) is 28.1 Å². The third kappa shape index (κ3) is 10.5. The lowest BCUT2D eigenvalue weighted by Gasteiger charge is -2.29. The van der Waals surface area contributed by atoms with Gasteiger partial charge < -0.3 is 31.3 Å². The zero-order valence-electron chi connectivity index (χ0n) is 24.5. The summed E-state index contributed by atoms with van der Waals surface area (Å²) >= 11 is 0. The van der Waals surface area contributed by atoms with Gasteiger partial charge >= 0.3 is 17.9 Å². The molecule has 3 amide bonds. The van der Waals surface area contributed by atoms with E-state index in [1.54, 1.807) is 55.4 Å². The SMILES string of the molecule is CC(C)/C(=C/C(=O)NC1=CC(NC(=O)/C=C(\C(=O)O)C(C)C)C(C)C(NC(=O)/C=C(\C(=O)O)C(C)(C)C)=C1)C(=O)O. The van der Waals surface area contributed by atoms with Gasteiger partial charge in [0.05, 0.1) is 6.04 Å². The summed E-state index contributed by atoms with van der Waals surface area (Å²) in [6, 6.07) is -0.852. The molecular formula is C29H39N3O9. The molecule has 2 atom stereocenters. The van der Waals surface area contributed by atoms with Gasteiger partial charge in [-0.25, -0.2) is 14.4 Å². The van der Waals surface area contributed by atoms with Crippen molar-refractivity contribution < 1.29 is 44.1 Å². The molecule has 41 heavy (non-hydrogen) atoms. The number of carbonyl (C=O) groups is 6. The molecule has 0 fully saturated rings. The molecule has 0 aromatic heterocycles. The molecule has 12 heteroatoms. The molecule has 6 N–H and O–H groups in total. The van der Waals surface area contributed by atoms with Gasteiger partial charge in [0.15, 0.2) is 0 Å². The van der Waals surface area contributed by atoms with E-state index in [2.05, 4.69) is 16.0 Å². The van der Waals surface area contributed by atoms with E-state index in [0.717, 1.165) is 18.2 Å². The van der Waals surface area contributed by atoms with Crippen molar-refractivity contribution in [2.75, 3.05) is 0 Å². The van der Waals surface area contributed by atoms with E-state index in [0.29, 0.717) is 0 Å². The van der Waals surface area contributed by atoms with Crippen molar-refractivity contribution >= 4 is 35.6 Å². The van der Waals surface area contributed by atoms with Crippen LogP contribution in [-0.4, -0.2) is 57.0 Å². The van der Waals surface area contributed by atoms with Gasteiger partial charge in [-0.15, -0.1) is 0 Å². The standard InChI is InChI=1S/C29H39N3O9/c1-14(2)18(26(36)37)11-23(33)30-17-9-21(31-24(34)12-19(15(3)4)27(38)39)16(5)22(10-17)32-25(35)13-20(28(40)41)29(6,7)8/h9-16,21H,1-8H3,(H,30,33)(H,31,34)(H,32,35)(H,36,37)(H,38,39)(H,40,41)/b18-11-,19-12-,20-13+. The number of hydrogen-bond acceptors (Lipinski definition) is 6. The zero-order chi connectivity index (χ0) is 31.8. The fourth-order valence-corrected chi connectivity index (χ4v) is 3.80. The Hall–Kier alpha value is -4.48. The number of nitrogens with one attached hydrogen (secondary N) is 3. The summed E-state index contributed by atoms with van der Waals surface area (Å²) in [6.07, 6.45) is 5.72. The average Bonchev–Trinajstić information content (AvgIpc) is 2.80. The summed E-state index contributed by atoms with van der Waals surface area (Å²) in [5.74, 6) is -7.55. The van der Waals surface area contributed by atoms with E-state index in [4.69, 9.17) is 0 Å². The minimum Gasteiger partial charge on any atom is -0.478 e. The van der Waals surface area contributed by atoms with Crippen molar-refractivity contribution in [2.45, 2.75) is 61.4 Å². The Kier molecular flexibility index (Phi) is 12.0. The topological polar surface area (TPSA) is 199 Å². The van der Waals surface area contributed by atoms with Crippen LogP contribution in [0.1, 0.15) is 55.4 Å². The summed E-state index contributed by atoms with van der Waals surface area (Å²) in [7, 11) is 0. The molecule has 2 unspecified atom stereocenters. The Labute approximate surface area is 239 Å². The highest BCUT2D eigenvalue weighted by atomic mass is 16.4. The molecule has 1 aliphatic carbocycles. The smallest absolute Gasteiger partial charge is 0.332 e. The van der Waals surface area contributed by atoms with Crippen molar-refractivity contribution in [2.24, 2.45) is 23.2 Å². The maximum Gasteiger partial charge on any atom is 0.332 e.